The van der Waals surface area contributed by atoms with E-state index >= 15 is 0 Å². The molecule has 0 unspecified atom stereocenters. The van der Waals surface area contributed by atoms with Gasteiger partial charge in [0.15, 0.2) is 0 Å². The van der Waals surface area contributed by atoms with Crippen LogP contribution in [0.1, 0.15) is 6.42 Å². The SMILES string of the molecule is CN(C)CCN[C@H](CC(=O)Nc1ccc(Cl)c([N+](=O)[O-])c1)C(=O)O. The van der Waals surface area contributed by atoms with E-state index in [0.29, 0.717) is 13.1 Å². The van der Waals surface area contributed by atoms with Crippen molar-refractivity contribution in [2.24, 2.45) is 0 Å². The molecule has 0 aliphatic rings. The number of halogens is 1. The van der Waals surface area contributed by atoms with E-state index in [4.69, 9.17) is 16.7 Å². The molecule has 0 aromatic heterocycles. The number of aliphatic carboxylic acids is 1. The normalized spacial score (nSPS) is 12.0. The number of rotatable bonds is 9. The maximum Gasteiger partial charge on any atom is 0.321 e. The molecule has 1 aromatic rings. The Bertz CT molecular complexity index is 623. The molecule has 9 nitrogen and oxygen atoms in total. The third-order valence-electron chi connectivity index (χ3n) is 3.06. The molecular formula is C14H19ClN4O5. The predicted molar refractivity (Wildman–Crippen MR) is 89.3 cm³/mol. The summed E-state index contributed by atoms with van der Waals surface area (Å²) in [5.74, 6) is -1.72. The summed E-state index contributed by atoms with van der Waals surface area (Å²) in [7, 11) is 3.69. The van der Waals surface area contributed by atoms with E-state index in [1.165, 1.54) is 12.1 Å². The highest BCUT2D eigenvalue weighted by Crippen LogP contribution is 2.27. The molecule has 132 valence electrons. The maximum atomic E-state index is 12.0. The molecule has 0 saturated carbocycles. The molecule has 0 spiro atoms. The lowest BCUT2D eigenvalue weighted by atomic mass is 10.2. The van der Waals surface area contributed by atoms with Gasteiger partial charge in [0.2, 0.25) is 5.91 Å². The predicted octanol–water partition coefficient (Wildman–Crippen LogP) is 1.18. The molecule has 24 heavy (non-hydrogen) atoms. The number of hydrogen-bond acceptors (Lipinski definition) is 6. The van der Waals surface area contributed by atoms with Gasteiger partial charge in [0.05, 0.1) is 11.3 Å². The Kier molecular flexibility index (Phi) is 7.56. The fourth-order valence-electron chi connectivity index (χ4n) is 1.84. The first kappa shape index (κ1) is 19.8. The number of nitrogens with one attached hydrogen (secondary N) is 2. The van der Waals surface area contributed by atoms with E-state index in [-0.39, 0.29) is 22.8 Å². The van der Waals surface area contributed by atoms with Gasteiger partial charge in [-0.3, -0.25) is 19.7 Å². The van der Waals surface area contributed by atoms with Crippen LogP contribution in [0.5, 0.6) is 0 Å². The Hall–Kier alpha value is -2.23. The molecule has 0 aliphatic heterocycles. The lowest BCUT2D eigenvalue weighted by Gasteiger charge is -2.16. The summed E-state index contributed by atoms with van der Waals surface area (Å²) < 4.78 is 0. The number of benzene rings is 1. The van der Waals surface area contributed by atoms with Gasteiger partial charge in [0.25, 0.3) is 5.69 Å². The molecule has 1 aromatic carbocycles. The Morgan fingerprint density at radius 1 is 1.42 bits per heavy atom. The summed E-state index contributed by atoms with van der Waals surface area (Å²) in [4.78, 5) is 35.2. The van der Waals surface area contributed by atoms with Crippen molar-refractivity contribution < 1.29 is 19.6 Å². The van der Waals surface area contributed by atoms with Gasteiger partial charge in [0.1, 0.15) is 11.1 Å². The van der Waals surface area contributed by atoms with Gasteiger partial charge in [-0.25, -0.2) is 0 Å². The molecule has 0 heterocycles. The quantitative estimate of drug-likeness (QED) is 0.447. The fraction of sp³-hybridized carbons (Fsp3) is 0.429. The second-order valence-corrected chi connectivity index (χ2v) is 5.73. The minimum atomic E-state index is -1.15. The van der Waals surface area contributed by atoms with Crippen molar-refractivity contribution in [1.29, 1.82) is 0 Å². The molecule has 0 radical (unpaired) electrons. The lowest BCUT2D eigenvalue weighted by molar-refractivity contribution is -0.384. The number of nitro benzene ring substituents is 1. The van der Waals surface area contributed by atoms with Crippen LogP contribution in [0.3, 0.4) is 0 Å². The zero-order valence-corrected chi connectivity index (χ0v) is 14.0. The van der Waals surface area contributed by atoms with Crippen LogP contribution in [-0.4, -0.2) is 60.0 Å². The minimum Gasteiger partial charge on any atom is -0.480 e. The first-order chi connectivity index (χ1) is 11.2. The van der Waals surface area contributed by atoms with Crippen LogP contribution in [0, 0.1) is 10.1 Å². The standard InChI is InChI=1S/C14H19ClN4O5/c1-18(2)6-5-16-11(14(21)22)8-13(20)17-9-3-4-10(15)12(7-9)19(23)24/h3-4,7,11,16H,5-6,8H2,1-2H3,(H,17,20)(H,21,22)/t11-/m1/s1. The van der Waals surface area contributed by atoms with Crippen LogP contribution in [-0.2, 0) is 9.59 Å². The molecule has 0 fully saturated rings. The molecule has 0 bridgehead atoms. The molecule has 3 N–H and O–H groups in total. The van der Waals surface area contributed by atoms with Gasteiger partial charge in [-0.15, -0.1) is 0 Å². The second-order valence-electron chi connectivity index (χ2n) is 5.32. The summed E-state index contributed by atoms with van der Waals surface area (Å²) in [6.07, 6.45) is -0.306. The molecule has 0 aliphatic carbocycles. The molecule has 1 atom stereocenters. The summed E-state index contributed by atoms with van der Waals surface area (Å²) in [5.41, 5.74) is -0.165. The first-order valence-electron chi connectivity index (χ1n) is 7.05. The van der Waals surface area contributed by atoms with E-state index in [1.54, 1.807) is 0 Å². The van der Waals surface area contributed by atoms with Crippen molar-refractivity contribution in [1.82, 2.24) is 10.2 Å². The zero-order chi connectivity index (χ0) is 18.3. The third kappa shape index (κ3) is 6.49. The Morgan fingerprint density at radius 2 is 2.08 bits per heavy atom. The minimum absolute atomic E-state index is 0.0493. The van der Waals surface area contributed by atoms with E-state index in [1.807, 2.05) is 19.0 Å². The molecule has 0 saturated heterocycles. The molecule has 1 rings (SSSR count). The highest BCUT2D eigenvalue weighted by Gasteiger charge is 2.21. The van der Waals surface area contributed by atoms with Gasteiger partial charge in [-0.05, 0) is 26.2 Å². The van der Waals surface area contributed by atoms with E-state index < -0.39 is 22.8 Å². The van der Waals surface area contributed by atoms with Gasteiger partial charge in [-0.2, -0.15) is 0 Å². The monoisotopic (exact) mass is 358 g/mol. The fourth-order valence-corrected chi connectivity index (χ4v) is 2.02. The van der Waals surface area contributed by atoms with Crippen molar-refractivity contribution in [3.63, 3.8) is 0 Å². The number of carboxylic acid groups (broad SMARTS) is 1. The Labute approximate surface area is 143 Å². The number of carboxylic acids is 1. The number of likely N-dealkylation sites (N-methyl/N-ethyl adjacent to an activating group) is 1. The van der Waals surface area contributed by atoms with Crippen LogP contribution in [0.2, 0.25) is 5.02 Å². The van der Waals surface area contributed by atoms with Crippen molar-refractivity contribution in [3.8, 4) is 0 Å². The summed E-state index contributed by atoms with van der Waals surface area (Å²) in [6.45, 7) is 1.03. The van der Waals surface area contributed by atoms with E-state index in [2.05, 4.69) is 10.6 Å². The van der Waals surface area contributed by atoms with Crippen molar-refractivity contribution >= 4 is 34.9 Å². The number of nitrogens with zero attached hydrogens (tertiary/aromatic N) is 2. The molecular weight excluding hydrogens is 340 g/mol. The largest absolute Gasteiger partial charge is 0.480 e. The van der Waals surface area contributed by atoms with Gasteiger partial charge >= 0.3 is 5.97 Å². The number of carbonyl (C=O) groups is 2. The van der Waals surface area contributed by atoms with Crippen LogP contribution < -0.4 is 10.6 Å². The number of hydrogen-bond donors (Lipinski definition) is 3. The topological polar surface area (TPSA) is 125 Å². The van der Waals surface area contributed by atoms with Crippen LogP contribution >= 0.6 is 11.6 Å². The summed E-state index contributed by atoms with van der Waals surface area (Å²) in [5, 5.41) is 25.1. The number of amides is 1. The zero-order valence-electron chi connectivity index (χ0n) is 13.3. The van der Waals surface area contributed by atoms with Crippen LogP contribution in [0.4, 0.5) is 11.4 Å². The van der Waals surface area contributed by atoms with E-state index in [9.17, 15) is 19.7 Å². The highest BCUT2D eigenvalue weighted by atomic mass is 35.5. The smallest absolute Gasteiger partial charge is 0.321 e. The third-order valence-corrected chi connectivity index (χ3v) is 3.38. The summed E-state index contributed by atoms with van der Waals surface area (Å²) >= 11 is 5.69. The van der Waals surface area contributed by atoms with Gasteiger partial charge < -0.3 is 20.6 Å². The van der Waals surface area contributed by atoms with Crippen LogP contribution in [0.25, 0.3) is 0 Å². The molecule has 10 heteroatoms. The second kappa shape index (κ2) is 9.16. The lowest BCUT2D eigenvalue weighted by Crippen LogP contribution is -2.42. The molecule has 1 amide bonds. The van der Waals surface area contributed by atoms with Crippen molar-refractivity contribution in [2.45, 2.75) is 12.5 Å². The summed E-state index contributed by atoms with van der Waals surface area (Å²) in [6, 6.07) is 2.77. The average molecular weight is 359 g/mol. The van der Waals surface area contributed by atoms with Crippen molar-refractivity contribution in [2.75, 3.05) is 32.5 Å². The highest BCUT2D eigenvalue weighted by molar-refractivity contribution is 6.32. The Balaban J connectivity index is 2.67. The average Bonchev–Trinajstić information content (AvgIpc) is 2.47. The number of nitro groups is 1. The van der Waals surface area contributed by atoms with E-state index in [0.717, 1.165) is 6.07 Å². The Morgan fingerprint density at radius 3 is 2.62 bits per heavy atom. The number of carbonyl (C=O) groups excluding carboxylic acids is 1. The number of anilines is 1. The van der Waals surface area contributed by atoms with Crippen molar-refractivity contribution in [3.05, 3.63) is 33.3 Å². The van der Waals surface area contributed by atoms with Crippen LogP contribution in [0.15, 0.2) is 18.2 Å². The maximum absolute atomic E-state index is 12.0. The van der Waals surface area contributed by atoms with Gasteiger partial charge in [-0.1, -0.05) is 11.6 Å². The van der Waals surface area contributed by atoms with Gasteiger partial charge in [0, 0.05) is 24.8 Å². The first-order valence-corrected chi connectivity index (χ1v) is 7.43.